The summed E-state index contributed by atoms with van der Waals surface area (Å²) in [6.07, 6.45) is 0. The van der Waals surface area contributed by atoms with Gasteiger partial charge in [-0.15, -0.1) is 0 Å². The van der Waals surface area contributed by atoms with Crippen LogP contribution in [-0.2, 0) is 4.79 Å². The summed E-state index contributed by atoms with van der Waals surface area (Å²) < 4.78 is 0. The summed E-state index contributed by atoms with van der Waals surface area (Å²) in [6.45, 7) is 9.37. The molecule has 5 nitrogen and oxygen atoms in total. The minimum atomic E-state index is 0.0686. The molecular weight excluding hydrogens is 204 g/mol. The summed E-state index contributed by atoms with van der Waals surface area (Å²) in [5.41, 5.74) is 5.82. The normalized spacial score (nSPS) is 19.8. The third kappa shape index (κ3) is 3.43. The largest absolute Gasteiger partial charge is 0.358 e. The molecule has 5 heteroatoms. The second-order valence-electron chi connectivity index (χ2n) is 4.95. The van der Waals surface area contributed by atoms with E-state index in [1.54, 1.807) is 7.05 Å². The number of rotatable bonds is 4. The van der Waals surface area contributed by atoms with Gasteiger partial charge in [0.1, 0.15) is 0 Å². The zero-order valence-electron chi connectivity index (χ0n) is 10.6. The van der Waals surface area contributed by atoms with E-state index in [2.05, 4.69) is 29.0 Å². The Morgan fingerprint density at radius 2 is 1.88 bits per heavy atom. The van der Waals surface area contributed by atoms with E-state index in [9.17, 15) is 4.79 Å². The van der Waals surface area contributed by atoms with Crippen LogP contribution in [0.2, 0.25) is 0 Å². The number of likely N-dealkylation sites (N-methyl/N-ethyl adjacent to an activating group) is 1. The summed E-state index contributed by atoms with van der Waals surface area (Å²) in [4.78, 5) is 15.8. The molecule has 16 heavy (non-hydrogen) atoms. The van der Waals surface area contributed by atoms with Crippen molar-refractivity contribution in [1.82, 2.24) is 15.1 Å². The van der Waals surface area contributed by atoms with Crippen LogP contribution in [0.3, 0.4) is 0 Å². The Balaban J connectivity index is 2.37. The molecule has 0 saturated carbocycles. The lowest BCUT2D eigenvalue weighted by molar-refractivity contribution is -0.122. The third-order valence-corrected chi connectivity index (χ3v) is 3.37. The smallest absolute Gasteiger partial charge is 0.233 e. The minimum absolute atomic E-state index is 0.0686. The predicted molar refractivity (Wildman–Crippen MR) is 65.2 cm³/mol. The van der Waals surface area contributed by atoms with E-state index in [-0.39, 0.29) is 11.4 Å². The van der Waals surface area contributed by atoms with Crippen LogP contribution in [0.25, 0.3) is 0 Å². The lowest BCUT2D eigenvalue weighted by Crippen LogP contribution is -2.58. The Morgan fingerprint density at radius 3 is 2.31 bits per heavy atom. The van der Waals surface area contributed by atoms with Gasteiger partial charge >= 0.3 is 0 Å². The lowest BCUT2D eigenvalue weighted by Gasteiger charge is -2.43. The number of nitrogens with one attached hydrogen (secondary N) is 1. The Labute approximate surface area is 98.0 Å². The highest BCUT2D eigenvalue weighted by atomic mass is 16.1. The number of hydrogen-bond acceptors (Lipinski definition) is 4. The van der Waals surface area contributed by atoms with Crippen molar-refractivity contribution in [3.8, 4) is 0 Å². The first-order chi connectivity index (χ1) is 7.49. The molecule has 0 spiro atoms. The number of piperazine rings is 1. The highest BCUT2D eigenvalue weighted by molar-refractivity contribution is 5.77. The van der Waals surface area contributed by atoms with Gasteiger partial charge in [0.15, 0.2) is 0 Å². The highest BCUT2D eigenvalue weighted by Crippen LogP contribution is 2.15. The second-order valence-corrected chi connectivity index (χ2v) is 4.95. The van der Waals surface area contributed by atoms with E-state index in [1.807, 2.05) is 0 Å². The molecule has 0 unspecified atom stereocenters. The molecule has 0 atom stereocenters. The van der Waals surface area contributed by atoms with E-state index in [0.717, 1.165) is 26.2 Å². The fourth-order valence-electron chi connectivity index (χ4n) is 1.92. The Kier molecular flexibility index (Phi) is 4.70. The van der Waals surface area contributed by atoms with E-state index in [1.165, 1.54) is 0 Å². The van der Waals surface area contributed by atoms with Crippen LogP contribution in [0.4, 0.5) is 0 Å². The summed E-state index contributed by atoms with van der Waals surface area (Å²) >= 11 is 0. The Bertz CT molecular complexity index is 234. The van der Waals surface area contributed by atoms with Crippen molar-refractivity contribution >= 4 is 5.91 Å². The maximum absolute atomic E-state index is 11.2. The molecule has 0 aromatic rings. The van der Waals surface area contributed by atoms with Gasteiger partial charge in [0.2, 0.25) is 5.91 Å². The van der Waals surface area contributed by atoms with Gasteiger partial charge in [-0.2, -0.15) is 0 Å². The van der Waals surface area contributed by atoms with Crippen LogP contribution >= 0.6 is 0 Å². The minimum Gasteiger partial charge on any atom is -0.358 e. The lowest BCUT2D eigenvalue weighted by atomic mass is 10.0. The molecule has 1 heterocycles. The van der Waals surface area contributed by atoms with Gasteiger partial charge in [0.25, 0.3) is 0 Å². The van der Waals surface area contributed by atoms with Gasteiger partial charge in [0, 0.05) is 45.3 Å². The highest BCUT2D eigenvalue weighted by Gasteiger charge is 2.28. The van der Waals surface area contributed by atoms with Gasteiger partial charge < -0.3 is 11.1 Å². The average Bonchev–Trinajstić information content (AvgIpc) is 2.29. The van der Waals surface area contributed by atoms with Crippen molar-refractivity contribution in [2.24, 2.45) is 5.73 Å². The van der Waals surface area contributed by atoms with Gasteiger partial charge in [0.05, 0.1) is 6.54 Å². The third-order valence-electron chi connectivity index (χ3n) is 3.37. The van der Waals surface area contributed by atoms with Crippen LogP contribution in [-0.4, -0.2) is 67.6 Å². The van der Waals surface area contributed by atoms with Gasteiger partial charge in [-0.3, -0.25) is 14.6 Å². The molecule has 1 rings (SSSR count). The van der Waals surface area contributed by atoms with Crippen molar-refractivity contribution in [3.05, 3.63) is 0 Å². The molecular formula is C11H24N4O. The van der Waals surface area contributed by atoms with Crippen LogP contribution in [0, 0.1) is 0 Å². The predicted octanol–water partition coefficient (Wildman–Crippen LogP) is -0.913. The van der Waals surface area contributed by atoms with Crippen molar-refractivity contribution in [2.45, 2.75) is 19.4 Å². The maximum atomic E-state index is 11.2. The molecule has 0 bridgehead atoms. The number of amides is 1. The molecule has 1 aliphatic heterocycles. The summed E-state index contributed by atoms with van der Waals surface area (Å²) in [5, 5.41) is 2.65. The molecule has 94 valence electrons. The van der Waals surface area contributed by atoms with Crippen LogP contribution in [0.1, 0.15) is 13.8 Å². The van der Waals surface area contributed by atoms with Crippen molar-refractivity contribution < 1.29 is 4.79 Å². The number of nitrogens with zero attached hydrogens (tertiary/aromatic N) is 2. The van der Waals surface area contributed by atoms with Crippen molar-refractivity contribution in [1.29, 1.82) is 0 Å². The molecule has 0 aliphatic carbocycles. The molecule has 1 aliphatic rings. The van der Waals surface area contributed by atoms with E-state index in [0.29, 0.717) is 13.1 Å². The number of carbonyl (C=O) groups is 1. The monoisotopic (exact) mass is 228 g/mol. The van der Waals surface area contributed by atoms with E-state index in [4.69, 9.17) is 5.73 Å². The van der Waals surface area contributed by atoms with E-state index < -0.39 is 0 Å². The molecule has 1 amide bonds. The average molecular weight is 228 g/mol. The topological polar surface area (TPSA) is 61.6 Å². The number of carbonyl (C=O) groups excluding carboxylic acids is 1. The molecule has 1 fully saturated rings. The fourth-order valence-corrected chi connectivity index (χ4v) is 1.92. The fraction of sp³-hybridized carbons (Fsp3) is 0.909. The first kappa shape index (κ1) is 13.4. The molecule has 0 aromatic carbocycles. The quantitative estimate of drug-likeness (QED) is 0.654. The zero-order valence-corrected chi connectivity index (χ0v) is 10.6. The van der Waals surface area contributed by atoms with Gasteiger partial charge in [-0.05, 0) is 13.8 Å². The molecule has 0 aromatic heterocycles. The second kappa shape index (κ2) is 5.61. The summed E-state index contributed by atoms with van der Waals surface area (Å²) in [7, 11) is 1.68. The molecule has 1 saturated heterocycles. The van der Waals surface area contributed by atoms with Crippen LogP contribution in [0.15, 0.2) is 0 Å². The first-order valence-corrected chi connectivity index (χ1v) is 5.87. The van der Waals surface area contributed by atoms with Crippen molar-refractivity contribution in [2.75, 3.05) is 46.3 Å². The van der Waals surface area contributed by atoms with Crippen molar-refractivity contribution in [3.63, 3.8) is 0 Å². The van der Waals surface area contributed by atoms with E-state index >= 15 is 0 Å². The van der Waals surface area contributed by atoms with Crippen LogP contribution < -0.4 is 11.1 Å². The Hall–Kier alpha value is -0.650. The Morgan fingerprint density at radius 1 is 1.31 bits per heavy atom. The number of nitrogens with two attached hydrogens (primary N) is 1. The summed E-state index contributed by atoms with van der Waals surface area (Å²) in [5.74, 6) is 0.0894. The standard InChI is InChI=1S/C11H24N4O/c1-11(2,9-12)15-6-4-14(5-7-15)8-10(16)13-3/h4-9,12H2,1-3H3,(H,13,16). The zero-order chi connectivity index (χ0) is 12.2. The molecule has 0 radical (unpaired) electrons. The number of hydrogen-bond donors (Lipinski definition) is 2. The first-order valence-electron chi connectivity index (χ1n) is 5.87. The van der Waals surface area contributed by atoms with Gasteiger partial charge in [-0.1, -0.05) is 0 Å². The molecule has 3 N–H and O–H groups in total. The van der Waals surface area contributed by atoms with Crippen LogP contribution in [0.5, 0.6) is 0 Å². The summed E-state index contributed by atoms with van der Waals surface area (Å²) in [6, 6.07) is 0. The SMILES string of the molecule is CNC(=O)CN1CCN(C(C)(C)CN)CC1. The maximum Gasteiger partial charge on any atom is 0.233 e. The van der Waals surface area contributed by atoms with Gasteiger partial charge in [-0.25, -0.2) is 0 Å².